The third-order valence-electron chi connectivity index (χ3n) is 3.05. The highest BCUT2D eigenvalue weighted by Gasteiger charge is 2.45. The van der Waals surface area contributed by atoms with Crippen molar-refractivity contribution in [2.45, 2.75) is 35.3 Å². The molecule has 2 nitrogen and oxygen atoms in total. The van der Waals surface area contributed by atoms with E-state index in [9.17, 15) is 4.21 Å². The monoisotopic (exact) mass is 219 g/mol. The van der Waals surface area contributed by atoms with E-state index < -0.39 is 15.7 Å². The predicted molar refractivity (Wildman–Crippen MR) is 63.2 cm³/mol. The summed E-state index contributed by atoms with van der Waals surface area (Å²) in [5.41, 5.74) is 7.19. The van der Waals surface area contributed by atoms with Crippen LogP contribution >= 0.6 is 0 Å². The molecule has 15 heavy (non-hydrogen) atoms. The van der Waals surface area contributed by atoms with Crippen molar-refractivity contribution in [2.24, 2.45) is 5.73 Å². The zero-order valence-corrected chi connectivity index (χ0v) is 9.59. The van der Waals surface area contributed by atoms with Crippen molar-refractivity contribution in [3.05, 3.63) is 29.8 Å². The molecule has 0 aromatic heterocycles. The smallest absolute Gasteiger partial charge is 0.0917 e. The van der Waals surface area contributed by atoms with Crippen LogP contribution in [0.25, 0.3) is 0 Å². The molecular weight excluding hydrogens is 205 g/mol. The van der Waals surface area contributed by atoms with Gasteiger partial charge in [0.05, 0.1) is 23.5 Å². The van der Waals surface area contributed by atoms with E-state index >= 15 is 0 Å². The van der Waals surface area contributed by atoms with Crippen molar-refractivity contribution < 1.29 is 4.21 Å². The van der Waals surface area contributed by atoms with Crippen LogP contribution in [0.3, 0.4) is 0 Å². The summed E-state index contributed by atoms with van der Waals surface area (Å²) in [5, 5.41) is 0. The summed E-state index contributed by atoms with van der Waals surface area (Å²) in [6, 6.07) is 7.62. The molecule has 0 aliphatic heterocycles. The van der Waals surface area contributed by atoms with E-state index in [0.29, 0.717) is 0 Å². The minimum absolute atomic E-state index is 0.139. The first kappa shape index (κ1) is 10.9. The molecule has 2 radical (unpaired) electrons. The summed E-state index contributed by atoms with van der Waals surface area (Å²) in [7, 11) is 4.61. The Morgan fingerprint density at radius 1 is 1.47 bits per heavy atom. The van der Waals surface area contributed by atoms with Gasteiger partial charge < -0.3 is 5.73 Å². The maximum Gasteiger partial charge on any atom is 0.0917 e. The molecule has 1 fully saturated rings. The molecule has 0 spiro atoms. The Morgan fingerprint density at radius 3 is 2.47 bits per heavy atom. The second-order valence-corrected chi connectivity index (χ2v) is 5.95. The average Bonchev–Trinajstić information content (AvgIpc) is 2.26. The zero-order chi connectivity index (χ0) is 11.1. The number of nitrogens with two attached hydrogens (primary N) is 1. The van der Waals surface area contributed by atoms with Gasteiger partial charge in [0.25, 0.3) is 0 Å². The number of hydrogen-bond donors (Lipinski definition) is 1. The molecule has 78 valence electrons. The number of rotatable bonds is 2. The van der Waals surface area contributed by atoms with Gasteiger partial charge in [-0.15, -0.1) is 0 Å². The zero-order valence-electron chi connectivity index (χ0n) is 8.77. The third kappa shape index (κ3) is 1.76. The number of hydrogen-bond acceptors (Lipinski definition) is 2. The van der Waals surface area contributed by atoms with E-state index in [1.165, 1.54) is 0 Å². The molecule has 3 atom stereocenters. The van der Waals surface area contributed by atoms with Gasteiger partial charge in [0.1, 0.15) is 0 Å². The summed E-state index contributed by atoms with van der Waals surface area (Å²) in [5.74, 6) is -0.139. The Bertz CT molecular complexity index is 392. The molecule has 4 heteroatoms. The third-order valence-corrected chi connectivity index (χ3v) is 4.95. The van der Waals surface area contributed by atoms with Crippen LogP contribution in [0.5, 0.6) is 0 Å². The SMILES string of the molecule is [B]C1CCC1(N)S(=O)c1ccc(C)cc1. The molecule has 2 rings (SSSR count). The summed E-state index contributed by atoms with van der Waals surface area (Å²) < 4.78 is 12.2. The Hall–Kier alpha value is -0.605. The predicted octanol–water partition coefficient (Wildman–Crippen LogP) is 1.51. The average molecular weight is 219 g/mol. The van der Waals surface area contributed by atoms with Crippen LogP contribution in [-0.2, 0) is 10.8 Å². The fourth-order valence-corrected chi connectivity index (χ4v) is 3.23. The van der Waals surface area contributed by atoms with E-state index in [1.807, 2.05) is 31.2 Å². The lowest BCUT2D eigenvalue weighted by molar-refractivity contribution is 0.363. The van der Waals surface area contributed by atoms with Crippen LogP contribution in [0.4, 0.5) is 0 Å². The van der Waals surface area contributed by atoms with Crippen LogP contribution in [0, 0.1) is 6.92 Å². The highest BCUT2D eigenvalue weighted by Crippen LogP contribution is 2.43. The second-order valence-electron chi connectivity index (χ2n) is 4.18. The second kappa shape index (κ2) is 3.76. The van der Waals surface area contributed by atoms with Crippen LogP contribution in [0.1, 0.15) is 18.4 Å². The first-order chi connectivity index (χ1) is 7.04. The minimum Gasteiger partial charge on any atom is -0.315 e. The molecule has 1 aliphatic carbocycles. The van der Waals surface area contributed by atoms with E-state index in [-0.39, 0.29) is 5.82 Å². The molecule has 1 aromatic rings. The van der Waals surface area contributed by atoms with Crippen molar-refractivity contribution in [3.63, 3.8) is 0 Å². The van der Waals surface area contributed by atoms with Crippen LogP contribution in [0.15, 0.2) is 29.2 Å². The van der Waals surface area contributed by atoms with Gasteiger partial charge in [-0.1, -0.05) is 24.1 Å². The van der Waals surface area contributed by atoms with Gasteiger partial charge in [0, 0.05) is 4.90 Å². The fraction of sp³-hybridized carbons (Fsp3) is 0.455. The molecule has 1 aromatic carbocycles. The maximum atomic E-state index is 12.2. The number of aryl methyl sites for hydroxylation is 1. The molecule has 0 heterocycles. The van der Waals surface area contributed by atoms with Gasteiger partial charge >= 0.3 is 0 Å². The van der Waals surface area contributed by atoms with Crippen molar-refractivity contribution >= 4 is 18.6 Å². The van der Waals surface area contributed by atoms with E-state index in [4.69, 9.17) is 13.6 Å². The molecule has 0 amide bonds. The Labute approximate surface area is 94.1 Å². The van der Waals surface area contributed by atoms with Gasteiger partial charge in [-0.05, 0) is 31.3 Å². The maximum absolute atomic E-state index is 12.2. The highest BCUT2D eigenvalue weighted by molar-refractivity contribution is 7.86. The lowest BCUT2D eigenvalue weighted by Crippen LogP contribution is -2.55. The first-order valence-electron chi connectivity index (χ1n) is 5.07. The van der Waals surface area contributed by atoms with Crippen LogP contribution in [-0.4, -0.2) is 16.9 Å². The molecule has 3 unspecified atom stereocenters. The van der Waals surface area contributed by atoms with Gasteiger partial charge in [-0.2, -0.15) is 0 Å². The fourth-order valence-electron chi connectivity index (χ4n) is 1.71. The topological polar surface area (TPSA) is 43.1 Å². The minimum atomic E-state index is -1.19. The van der Waals surface area contributed by atoms with Crippen LogP contribution < -0.4 is 5.73 Å². The van der Waals surface area contributed by atoms with Crippen LogP contribution in [0.2, 0.25) is 5.82 Å². The van der Waals surface area contributed by atoms with Gasteiger partial charge in [0.2, 0.25) is 0 Å². The molecular formula is C11H14BNOS. The van der Waals surface area contributed by atoms with Gasteiger partial charge in [0.15, 0.2) is 0 Å². The first-order valence-corrected chi connectivity index (χ1v) is 6.22. The number of benzene rings is 1. The summed E-state index contributed by atoms with van der Waals surface area (Å²) >= 11 is 0. The standard InChI is InChI=1S/C11H14BNOS/c1-8-2-4-9(5-3-8)15(14)11(13)7-6-10(11)12/h2-5,10H,6-7,13H2,1H3. The Kier molecular flexibility index (Phi) is 2.73. The molecule has 1 saturated carbocycles. The summed E-state index contributed by atoms with van der Waals surface area (Å²) in [6.45, 7) is 2.00. The lowest BCUT2D eigenvalue weighted by Gasteiger charge is -2.44. The van der Waals surface area contributed by atoms with Crippen molar-refractivity contribution in [1.29, 1.82) is 0 Å². The molecule has 0 saturated heterocycles. The van der Waals surface area contributed by atoms with Gasteiger partial charge in [-0.3, -0.25) is 4.21 Å². The van der Waals surface area contributed by atoms with Crippen molar-refractivity contribution in [2.75, 3.05) is 0 Å². The normalized spacial score (nSPS) is 32.0. The Balaban J connectivity index is 2.25. The summed E-state index contributed by atoms with van der Waals surface area (Å²) in [6.07, 6.45) is 1.61. The summed E-state index contributed by atoms with van der Waals surface area (Å²) in [4.78, 5) is 0.0631. The van der Waals surface area contributed by atoms with Crippen molar-refractivity contribution in [1.82, 2.24) is 0 Å². The Morgan fingerprint density at radius 2 is 2.07 bits per heavy atom. The molecule has 2 N–H and O–H groups in total. The highest BCUT2D eigenvalue weighted by atomic mass is 32.2. The molecule has 0 bridgehead atoms. The molecule has 1 aliphatic rings. The quantitative estimate of drug-likeness (QED) is 0.766. The van der Waals surface area contributed by atoms with Crippen molar-refractivity contribution in [3.8, 4) is 0 Å². The van der Waals surface area contributed by atoms with Gasteiger partial charge in [-0.25, -0.2) is 0 Å². The van der Waals surface area contributed by atoms with E-state index in [0.717, 1.165) is 23.3 Å². The largest absolute Gasteiger partial charge is 0.315 e. The van der Waals surface area contributed by atoms with E-state index in [1.54, 1.807) is 0 Å². The van der Waals surface area contributed by atoms with E-state index in [2.05, 4.69) is 0 Å². The lowest BCUT2D eigenvalue weighted by atomic mass is 9.66.